The first kappa shape index (κ1) is 29.5. The van der Waals surface area contributed by atoms with E-state index in [0.29, 0.717) is 13.2 Å². The molecule has 38 heavy (non-hydrogen) atoms. The SMILES string of the molecule is CCN1C=C(CCC(c2ccc(C)c(COCc3ccc(OC)cc3)c2)C(C)C(=O)OC(C)(C)C)N(C)N1. The highest BCUT2D eigenvalue weighted by atomic mass is 16.6. The Kier molecular flexibility index (Phi) is 10.2. The van der Waals surface area contributed by atoms with Crippen LogP contribution in [0.25, 0.3) is 0 Å². The van der Waals surface area contributed by atoms with Crippen LogP contribution < -0.4 is 10.3 Å². The number of esters is 1. The van der Waals surface area contributed by atoms with Gasteiger partial charge in [-0.15, -0.1) is 5.53 Å². The van der Waals surface area contributed by atoms with Crippen LogP contribution in [-0.4, -0.2) is 42.3 Å². The van der Waals surface area contributed by atoms with Crippen LogP contribution in [0.4, 0.5) is 0 Å². The molecule has 0 aliphatic carbocycles. The van der Waals surface area contributed by atoms with E-state index >= 15 is 0 Å². The van der Waals surface area contributed by atoms with Gasteiger partial charge in [0.15, 0.2) is 0 Å². The molecule has 1 N–H and O–H groups in total. The fourth-order valence-corrected chi connectivity index (χ4v) is 4.59. The molecule has 2 aromatic carbocycles. The summed E-state index contributed by atoms with van der Waals surface area (Å²) >= 11 is 0. The third kappa shape index (κ3) is 8.23. The molecule has 0 radical (unpaired) electrons. The summed E-state index contributed by atoms with van der Waals surface area (Å²) in [7, 11) is 3.69. The second kappa shape index (κ2) is 13.2. The number of nitrogens with zero attached hydrogens (tertiary/aromatic N) is 2. The molecule has 7 nitrogen and oxygen atoms in total. The van der Waals surface area contributed by atoms with Gasteiger partial charge in [0.2, 0.25) is 0 Å². The average Bonchev–Trinajstić information content (AvgIpc) is 3.24. The van der Waals surface area contributed by atoms with E-state index < -0.39 is 5.60 Å². The number of ether oxygens (including phenoxy) is 3. The number of rotatable bonds is 12. The first-order valence-corrected chi connectivity index (χ1v) is 13.5. The fourth-order valence-electron chi connectivity index (χ4n) is 4.59. The maximum atomic E-state index is 13.2. The van der Waals surface area contributed by atoms with Crippen LogP contribution in [0.1, 0.15) is 75.6 Å². The number of hydrogen-bond donors (Lipinski definition) is 1. The summed E-state index contributed by atoms with van der Waals surface area (Å²) in [5, 5.41) is 4.11. The van der Waals surface area contributed by atoms with E-state index in [9.17, 15) is 4.79 Å². The Morgan fingerprint density at radius 1 is 1.08 bits per heavy atom. The lowest BCUT2D eigenvalue weighted by Crippen LogP contribution is -2.37. The second-order valence-corrected chi connectivity index (χ2v) is 11.1. The highest BCUT2D eigenvalue weighted by Crippen LogP contribution is 2.34. The number of hydrogen-bond acceptors (Lipinski definition) is 7. The number of allylic oxidation sites excluding steroid dienone is 1. The lowest BCUT2D eigenvalue weighted by molar-refractivity contribution is -0.160. The van der Waals surface area contributed by atoms with Gasteiger partial charge in [-0.05, 0) is 87.8 Å². The van der Waals surface area contributed by atoms with Gasteiger partial charge in [0.05, 0.1) is 26.2 Å². The molecule has 0 saturated heterocycles. The smallest absolute Gasteiger partial charge is 0.309 e. The van der Waals surface area contributed by atoms with Crippen molar-refractivity contribution in [3.8, 4) is 5.75 Å². The van der Waals surface area contributed by atoms with E-state index in [1.165, 1.54) is 11.3 Å². The van der Waals surface area contributed by atoms with Gasteiger partial charge in [-0.1, -0.05) is 37.3 Å². The maximum absolute atomic E-state index is 13.2. The Bertz CT molecular complexity index is 1090. The van der Waals surface area contributed by atoms with E-state index in [-0.39, 0.29) is 17.8 Å². The number of benzene rings is 2. The van der Waals surface area contributed by atoms with Crippen LogP contribution in [0.3, 0.4) is 0 Å². The minimum atomic E-state index is -0.524. The normalized spacial score (nSPS) is 15.3. The zero-order valence-corrected chi connectivity index (χ0v) is 24.3. The minimum Gasteiger partial charge on any atom is -0.497 e. The van der Waals surface area contributed by atoms with Crippen molar-refractivity contribution in [2.24, 2.45) is 5.92 Å². The quantitative estimate of drug-likeness (QED) is 0.338. The summed E-state index contributed by atoms with van der Waals surface area (Å²) in [4.78, 5) is 13.2. The van der Waals surface area contributed by atoms with Crippen LogP contribution in [0, 0.1) is 12.8 Å². The van der Waals surface area contributed by atoms with Crippen molar-refractivity contribution in [1.82, 2.24) is 15.6 Å². The Hall–Kier alpha value is -3.03. The number of nitrogens with one attached hydrogen (secondary N) is 1. The predicted molar refractivity (Wildman–Crippen MR) is 151 cm³/mol. The van der Waals surface area contributed by atoms with Crippen molar-refractivity contribution < 1.29 is 19.0 Å². The molecule has 0 amide bonds. The zero-order chi connectivity index (χ0) is 27.9. The summed E-state index contributed by atoms with van der Waals surface area (Å²) in [5.74, 6) is 0.394. The molecule has 1 aliphatic rings. The number of hydrazine groups is 2. The number of carbonyl (C=O) groups is 1. The molecule has 0 saturated carbocycles. The summed E-state index contributed by atoms with van der Waals surface area (Å²) in [6.45, 7) is 13.9. The van der Waals surface area contributed by atoms with Crippen molar-refractivity contribution in [1.29, 1.82) is 0 Å². The fraction of sp³-hybridized carbons (Fsp3) is 0.516. The average molecular weight is 524 g/mol. The molecule has 0 bridgehead atoms. The van der Waals surface area contributed by atoms with Gasteiger partial charge in [0, 0.05) is 25.5 Å². The van der Waals surface area contributed by atoms with Crippen LogP contribution >= 0.6 is 0 Å². The number of methoxy groups -OCH3 is 1. The van der Waals surface area contributed by atoms with E-state index in [0.717, 1.165) is 41.8 Å². The summed E-state index contributed by atoms with van der Waals surface area (Å²) in [5.41, 5.74) is 8.53. The largest absolute Gasteiger partial charge is 0.497 e. The lowest BCUT2D eigenvalue weighted by atomic mass is 9.82. The summed E-state index contributed by atoms with van der Waals surface area (Å²) < 4.78 is 17.1. The summed E-state index contributed by atoms with van der Waals surface area (Å²) in [6.07, 6.45) is 3.81. The molecule has 0 fully saturated rings. The topological polar surface area (TPSA) is 63.3 Å². The Morgan fingerprint density at radius 3 is 2.39 bits per heavy atom. The molecule has 7 heteroatoms. The van der Waals surface area contributed by atoms with Crippen LogP contribution in [0.5, 0.6) is 5.75 Å². The highest BCUT2D eigenvalue weighted by Gasteiger charge is 2.31. The van der Waals surface area contributed by atoms with E-state index in [4.69, 9.17) is 14.2 Å². The van der Waals surface area contributed by atoms with E-state index in [1.54, 1.807) is 7.11 Å². The molecule has 1 aliphatic heterocycles. The van der Waals surface area contributed by atoms with Gasteiger partial charge in [-0.2, -0.15) is 0 Å². The maximum Gasteiger partial charge on any atom is 0.309 e. The first-order chi connectivity index (χ1) is 18.0. The molecule has 1 heterocycles. The van der Waals surface area contributed by atoms with Crippen LogP contribution in [0.15, 0.2) is 54.4 Å². The third-order valence-electron chi connectivity index (χ3n) is 6.94. The van der Waals surface area contributed by atoms with Gasteiger partial charge in [0.1, 0.15) is 11.4 Å². The molecule has 208 valence electrons. The van der Waals surface area contributed by atoms with Crippen molar-refractivity contribution in [2.45, 2.75) is 79.1 Å². The predicted octanol–water partition coefficient (Wildman–Crippen LogP) is 6.09. The Morgan fingerprint density at radius 2 is 1.79 bits per heavy atom. The van der Waals surface area contributed by atoms with Crippen molar-refractivity contribution in [3.63, 3.8) is 0 Å². The highest BCUT2D eigenvalue weighted by molar-refractivity contribution is 5.73. The van der Waals surface area contributed by atoms with Gasteiger partial charge in [-0.3, -0.25) is 14.8 Å². The molecule has 3 rings (SSSR count). The molecule has 0 aromatic heterocycles. The summed E-state index contributed by atoms with van der Waals surface area (Å²) in [6, 6.07) is 14.4. The van der Waals surface area contributed by atoms with Gasteiger partial charge in [-0.25, -0.2) is 0 Å². The van der Waals surface area contributed by atoms with Crippen LogP contribution in [-0.2, 0) is 27.5 Å². The first-order valence-electron chi connectivity index (χ1n) is 13.5. The standard InChI is InChI=1S/C31H45N3O4/c1-9-34-19-27(33(7)32-34)14-17-29(23(3)30(35)38-31(4,5)6)25-13-10-22(2)26(18-25)21-37-20-24-11-15-28(36-8)16-12-24/h10-13,15-16,18-19,23,29,32H,9,14,17,20-21H2,1-8H3. The van der Waals surface area contributed by atoms with Crippen LogP contribution in [0.2, 0.25) is 0 Å². The van der Waals surface area contributed by atoms with Crippen molar-refractivity contribution in [3.05, 3.63) is 76.6 Å². The molecule has 2 atom stereocenters. The zero-order valence-electron chi connectivity index (χ0n) is 24.3. The van der Waals surface area contributed by atoms with Gasteiger partial charge in [0.25, 0.3) is 0 Å². The second-order valence-electron chi connectivity index (χ2n) is 11.1. The van der Waals surface area contributed by atoms with E-state index in [2.05, 4.69) is 48.8 Å². The monoisotopic (exact) mass is 523 g/mol. The van der Waals surface area contributed by atoms with E-state index in [1.807, 2.05) is 64.0 Å². The lowest BCUT2D eigenvalue weighted by Gasteiger charge is -2.28. The molecular weight excluding hydrogens is 478 g/mol. The Labute approximate surface area is 228 Å². The number of carbonyl (C=O) groups excluding carboxylic acids is 1. The molecule has 0 spiro atoms. The van der Waals surface area contributed by atoms with Gasteiger partial charge < -0.3 is 14.2 Å². The van der Waals surface area contributed by atoms with Crippen molar-refractivity contribution in [2.75, 3.05) is 20.7 Å². The molecular formula is C31H45N3O4. The van der Waals surface area contributed by atoms with Crippen molar-refractivity contribution >= 4 is 5.97 Å². The van der Waals surface area contributed by atoms with Gasteiger partial charge >= 0.3 is 5.97 Å². The number of aryl methyl sites for hydroxylation is 1. The third-order valence-corrected chi connectivity index (χ3v) is 6.94. The molecule has 2 aromatic rings. The minimum absolute atomic E-state index is 0.00997. The Balaban J connectivity index is 1.77. The molecule has 2 unspecified atom stereocenters.